The lowest BCUT2D eigenvalue weighted by Gasteiger charge is -2.20. The van der Waals surface area contributed by atoms with Crippen LogP contribution in [0.1, 0.15) is 20.8 Å². The van der Waals surface area contributed by atoms with Crippen molar-refractivity contribution < 1.29 is 4.43 Å². The summed E-state index contributed by atoms with van der Waals surface area (Å²) in [5.41, 5.74) is 0.200. The van der Waals surface area contributed by atoms with E-state index >= 15 is 0 Å². The predicted octanol–water partition coefficient (Wildman–Crippen LogP) is 3.95. The molecule has 2 heteroatoms. The molecule has 1 nitrogen and oxygen atoms in total. The van der Waals surface area contributed by atoms with E-state index in [-0.39, 0.29) is 5.41 Å². The summed E-state index contributed by atoms with van der Waals surface area (Å²) >= 11 is 0. The Labute approximate surface area is 83.6 Å². The highest BCUT2D eigenvalue weighted by atomic mass is 28.4. The molecule has 0 radical (unpaired) electrons. The van der Waals surface area contributed by atoms with Crippen LogP contribution in [0.3, 0.4) is 0 Å². The summed E-state index contributed by atoms with van der Waals surface area (Å²) < 4.78 is 5.69. The van der Waals surface area contributed by atoms with Crippen LogP contribution in [0.4, 0.5) is 0 Å². The van der Waals surface area contributed by atoms with E-state index in [1.807, 2.05) is 6.08 Å². The Balaban J connectivity index is 4.11. The lowest BCUT2D eigenvalue weighted by Crippen LogP contribution is -2.24. The number of hydrogen-bond acceptors (Lipinski definition) is 1. The highest BCUT2D eigenvalue weighted by molar-refractivity contribution is 6.70. The molecule has 0 aromatic heterocycles. The first-order chi connectivity index (χ1) is 5.60. The van der Waals surface area contributed by atoms with Gasteiger partial charge in [0.25, 0.3) is 0 Å². The van der Waals surface area contributed by atoms with Gasteiger partial charge in [-0.3, -0.25) is 0 Å². The molecule has 0 aliphatic heterocycles. The molecule has 0 amide bonds. The summed E-state index contributed by atoms with van der Waals surface area (Å²) in [7, 11) is -1.47. The van der Waals surface area contributed by atoms with Gasteiger partial charge in [0.05, 0.1) is 5.76 Å². The van der Waals surface area contributed by atoms with E-state index in [0.717, 1.165) is 5.76 Å². The van der Waals surface area contributed by atoms with Crippen LogP contribution in [-0.2, 0) is 4.43 Å². The Hall–Kier alpha value is -0.503. The zero-order valence-electron chi connectivity index (χ0n) is 9.77. The van der Waals surface area contributed by atoms with Crippen LogP contribution in [-0.4, -0.2) is 8.32 Å². The molecule has 0 saturated heterocycles. The molecule has 0 atom stereocenters. The SMILES string of the molecule is C=C(/C=C/C(C)(C)C)O[Si](C)(C)C. The standard InChI is InChI=1S/C11H22OSi/c1-10(12-13(5,6)7)8-9-11(2,3)4/h8-9H,1H2,2-7H3/b9-8+. The second kappa shape index (κ2) is 4.14. The average Bonchev–Trinajstić information content (AvgIpc) is 1.78. The Morgan fingerprint density at radius 1 is 1.23 bits per heavy atom. The molecule has 0 N–H and O–H groups in total. The summed E-state index contributed by atoms with van der Waals surface area (Å²) in [5.74, 6) is 0.786. The van der Waals surface area contributed by atoms with E-state index in [4.69, 9.17) is 4.43 Å². The fraction of sp³-hybridized carbons (Fsp3) is 0.636. The lowest BCUT2D eigenvalue weighted by molar-refractivity contribution is 0.440. The van der Waals surface area contributed by atoms with Gasteiger partial charge in [0.1, 0.15) is 0 Å². The van der Waals surface area contributed by atoms with E-state index in [1.54, 1.807) is 0 Å². The zero-order valence-corrected chi connectivity index (χ0v) is 10.8. The molecule has 13 heavy (non-hydrogen) atoms. The Morgan fingerprint density at radius 2 is 1.69 bits per heavy atom. The van der Waals surface area contributed by atoms with Crippen molar-refractivity contribution in [2.24, 2.45) is 5.41 Å². The first kappa shape index (κ1) is 12.5. The molecule has 76 valence electrons. The van der Waals surface area contributed by atoms with E-state index in [0.29, 0.717) is 0 Å². The van der Waals surface area contributed by atoms with Crippen molar-refractivity contribution >= 4 is 8.32 Å². The van der Waals surface area contributed by atoms with Crippen LogP contribution in [0.2, 0.25) is 19.6 Å². The van der Waals surface area contributed by atoms with Gasteiger partial charge in [0.15, 0.2) is 0 Å². The minimum Gasteiger partial charge on any atom is -0.545 e. The molecular formula is C11H22OSi. The van der Waals surface area contributed by atoms with Crippen LogP contribution in [0, 0.1) is 5.41 Å². The predicted molar refractivity (Wildman–Crippen MR) is 62.2 cm³/mol. The van der Waals surface area contributed by atoms with Gasteiger partial charge in [0, 0.05) is 0 Å². The summed E-state index contributed by atoms with van der Waals surface area (Å²) in [6.45, 7) is 16.8. The number of rotatable bonds is 3. The molecule has 0 aromatic rings. The second-order valence-electron chi connectivity index (χ2n) is 5.38. The van der Waals surface area contributed by atoms with Crippen molar-refractivity contribution in [3.05, 3.63) is 24.5 Å². The minimum absolute atomic E-state index is 0.200. The van der Waals surface area contributed by atoms with Crippen LogP contribution in [0.15, 0.2) is 24.5 Å². The van der Waals surface area contributed by atoms with Crippen molar-refractivity contribution in [1.29, 1.82) is 0 Å². The van der Waals surface area contributed by atoms with Gasteiger partial charge in [-0.25, -0.2) is 0 Å². The summed E-state index contributed by atoms with van der Waals surface area (Å²) in [5, 5.41) is 0. The van der Waals surface area contributed by atoms with Crippen molar-refractivity contribution in [3.63, 3.8) is 0 Å². The molecule has 0 aliphatic carbocycles. The van der Waals surface area contributed by atoms with Gasteiger partial charge in [-0.2, -0.15) is 0 Å². The van der Waals surface area contributed by atoms with E-state index in [2.05, 4.69) is 53.1 Å². The van der Waals surface area contributed by atoms with Gasteiger partial charge in [-0.1, -0.05) is 33.4 Å². The van der Waals surface area contributed by atoms with Crippen LogP contribution >= 0.6 is 0 Å². The molecule has 0 spiro atoms. The van der Waals surface area contributed by atoms with E-state index in [9.17, 15) is 0 Å². The van der Waals surface area contributed by atoms with Gasteiger partial charge in [-0.15, -0.1) is 0 Å². The maximum atomic E-state index is 5.69. The van der Waals surface area contributed by atoms with Crippen molar-refractivity contribution in [2.45, 2.75) is 40.4 Å². The Kier molecular flexibility index (Phi) is 3.98. The highest BCUT2D eigenvalue weighted by Crippen LogP contribution is 2.17. The highest BCUT2D eigenvalue weighted by Gasteiger charge is 2.15. The first-order valence-electron chi connectivity index (χ1n) is 4.67. The fourth-order valence-electron chi connectivity index (χ4n) is 0.770. The molecule has 0 aromatic carbocycles. The molecule has 0 heterocycles. The number of hydrogen-bond donors (Lipinski definition) is 0. The normalized spacial score (nSPS) is 13.4. The quantitative estimate of drug-likeness (QED) is 0.379. The summed E-state index contributed by atoms with van der Waals surface area (Å²) in [6, 6.07) is 0. The third-order valence-electron chi connectivity index (χ3n) is 1.21. The van der Waals surface area contributed by atoms with Crippen LogP contribution < -0.4 is 0 Å². The average molecular weight is 198 g/mol. The molecule has 0 unspecified atom stereocenters. The largest absolute Gasteiger partial charge is 0.545 e. The number of allylic oxidation sites excluding steroid dienone is 2. The van der Waals surface area contributed by atoms with Crippen LogP contribution in [0.25, 0.3) is 0 Å². The Bertz CT molecular complexity index is 203. The molecule has 0 aliphatic rings. The van der Waals surface area contributed by atoms with Crippen molar-refractivity contribution in [2.75, 3.05) is 0 Å². The molecule has 0 fully saturated rings. The van der Waals surface area contributed by atoms with Gasteiger partial charge in [0.2, 0.25) is 8.32 Å². The van der Waals surface area contributed by atoms with Gasteiger partial charge >= 0.3 is 0 Å². The molecule has 0 rings (SSSR count). The zero-order chi connectivity index (χ0) is 10.7. The Morgan fingerprint density at radius 3 is 2.00 bits per heavy atom. The smallest absolute Gasteiger partial charge is 0.242 e. The van der Waals surface area contributed by atoms with Gasteiger partial charge in [-0.05, 0) is 31.1 Å². The van der Waals surface area contributed by atoms with Gasteiger partial charge < -0.3 is 4.43 Å². The third-order valence-corrected chi connectivity index (χ3v) is 2.08. The third kappa shape index (κ3) is 9.41. The summed E-state index contributed by atoms with van der Waals surface area (Å²) in [4.78, 5) is 0. The maximum absolute atomic E-state index is 5.69. The second-order valence-corrected chi connectivity index (χ2v) is 9.81. The van der Waals surface area contributed by atoms with Crippen LogP contribution in [0.5, 0.6) is 0 Å². The molecular weight excluding hydrogens is 176 g/mol. The maximum Gasteiger partial charge on any atom is 0.242 e. The summed E-state index contributed by atoms with van der Waals surface area (Å²) in [6.07, 6.45) is 4.09. The van der Waals surface area contributed by atoms with E-state index in [1.165, 1.54) is 0 Å². The first-order valence-corrected chi connectivity index (χ1v) is 8.08. The lowest BCUT2D eigenvalue weighted by atomic mass is 9.96. The fourth-order valence-corrected chi connectivity index (χ4v) is 1.62. The van der Waals surface area contributed by atoms with Crippen molar-refractivity contribution in [1.82, 2.24) is 0 Å². The topological polar surface area (TPSA) is 9.23 Å². The van der Waals surface area contributed by atoms with Crippen molar-refractivity contribution in [3.8, 4) is 0 Å². The molecule has 0 saturated carbocycles. The monoisotopic (exact) mass is 198 g/mol. The minimum atomic E-state index is -1.47. The molecule has 0 bridgehead atoms. The van der Waals surface area contributed by atoms with E-state index < -0.39 is 8.32 Å².